The number of hydrogen-bond acceptors (Lipinski definition) is 6. The van der Waals surface area contributed by atoms with E-state index in [1.165, 1.54) is 6.20 Å². The molecule has 1 aromatic carbocycles. The first-order valence-electron chi connectivity index (χ1n) is 11.7. The topological polar surface area (TPSA) is 133 Å². The lowest BCUT2D eigenvalue weighted by atomic mass is 9.70. The van der Waals surface area contributed by atoms with Gasteiger partial charge < -0.3 is 21.5 Å². The molecule has 3 aromatic rings. The van der Waals surface area contributed by atoms with Crippen molar-refractivity contribution >= 4 is 17.7 Å². The summed E-state index contributed by atoms with van der Waals surface area (Å²) in [6.45, 7) is 2.14. The summed E-state index contributed by atoms with van der Waals surface area (Å²) in [5.74, 6) is -3.67. The van der Waals surface area contributed by atoms with Crippen LogP contribution in [0.25, 0.3) is 11.3 Å². The van der Waals surface area contributed by atoms with Crippen molar-refractivity contribution in [3.63, 3.8) is 0 Å². The van der Waals surface area contributed by atoms with Crippen LogP contribution >= 0.6 is 0 Å². The highest BCUT2D eigenvalue weighted by Crippen LogP contribution is 2.41. The number of hydrogen-bond donors (Lipinski definition) is 3. The maximum atomic E-state index is 14.4. The lowest BCUT2D eigenvalue weighted by Crippen LogP contribution is -2.43. The standard InChI is InChI=1S/C26H26F3N5O3/c1-13-9-14(10-20(30)16(13)12-37-26(31)36)15-7-8-32-11-22(15)34-25(35)21-6-5-19(29)24(33-21)23-17(27)3-2-4-18(23)28/h2-8,11,13-14,16,20H,9-10,12,30H2,1H3,(H2,31,36)(H,34,35)/t13-,14+,16-,20+/m1/s1. The zero-order valence-corrected chi connectivity index (χ0v) is 20.0. The van der Waals surface area contributed by atoms with E-state index in [9.17, 15) is 22.8 Å². The summed E-state index contributed by atoms with van der Waals surface area (Å²) in [5, 5.41) is 2.73. The van der Waals surface area contributed by atoms with Crippen molar-refractivity contribution in [1.29, 1.82) is 0 Å². The third kappa shape index (κ3) is 5.72. The molecule has 0 radical (unpaired) electrons. The molecule has 194 valence electrons. The van der Waals surface area contributed by atoms with E-state index in [4.69, 9.17) is 16.2 Å². The highest BCUT2D eigenvalue weighted by Gasteiger charge is 2.36. The van der Waals surface area contributed by atoms with Crippen LogP contribution in [0.2, 0.25) is 0 Å². The van der Waals surface area contributed by atoms with Crippen molar-refractivity contribution in [1.82, 2.24) is 9.97 Å². The molecule has 8 nitrogen and oxygen atoms in total. The van der Waals surface area contributed by atoms with Crippen molar-refractivity contribution in [3.8, 4) is 11.3 Å². The van der Waals surface area contributed by atoms with E-state index in [1.807, 2.05) is 6.92 Å². The number of benzene rings is 1. The molecule has 0 saturated heterocycles. The molecule has 0 bridgehead atoms. The van der Waals surface area contributed by atoms with Gasteiger partial charge in [0.2, 0.25) is 0 Å². The van der Waals surface area contributed by atoms with E-state index >= 15 is 0 Å². The van der Waals surface area contributed by atoms with Gasteiger partial charge in [-0.05, 0) is 60.6 Å². The highest BCUT2D eigenvalue weighted by molar-refractivity contribution is 6.03. The second-order valence-electron chi connectivity index (χ2n) is 9.14. The van der Waals surface area contributed by atoms with Crippen LogP contribution in [0.4, 0.5) is 23.7 Å². The van der Waals surface area contributed by atoms with Crippen LogP contribution in [-0.2, 0) is 4.74 Å². The number of aromatic nitrogens is 2. The van der Waals surface area contributed by atoms with Gasteiger partial charge in [0.1, 0.15) is 28.8 Å². The third-order valence-corrected chi connectivity index (χ3v) is 6.73. The van der Waals surface area contributed by atoms with E-state index in [0.29, 0.717) is 18.5 Å². The van der Waals surface area contributed by atoms with Gasteiger partial charge >= 0.3 is 6.09 Å². The van der Waals surface area contributed by atoms with Crippen molar-refractivity contribution < 1.29 is 27.5 Å². The van der Waals surface area contributed by atoms with E-state index < -0.39 is 40.7 Å². The first-order valence-corrected chi connectivity index (χ1v) is 11.7. The van der Waals surface area contributed by atoms with Gasteiger partial charge in [-0.3, -0.25) is 9.78 Å². The molecule has 2 amide bonds. The molecule has 2 heterocycles. The molecule has 0 spiro atoms. The SMILES string of the molecule is C[C@@H]1C[C@H](c2ccncc2NC(=O)c2ccc(F)c(-c3c(F)cccc3F)n2)C[C@H](N)[C@@H]1COC(N)=O. The average molecular weight is 514 g/mol. The van der Waals surface area contributed by atoms with Crippen LogP contribution in [0.3, 0.4) is 0 Å². The van der Waals surface area contributed by atoms with Crippen molar-refractivity contribution in [3.05, 3.63) is 77.5 Å². The molecule has 11 heteroatoms. The number of amides is 2. The Hall–Kier alpha value is -3.99. The van der Waals surface area contributed by atoms with E-state index in [1.54, 1.807) is 12.3 Å². The van der Waals surface area contributed by atoms with Gasteiger partial charge in [-0.25, -0.2) is 22.9 Å². The molecule has 1 aliphatic carbocycles. The second kappa shape index (κ2) is 11.0. The maximum absolute atomic E-state index is 14.4. The number of carbonyl (C=O) groups is 2. The minimum atomic E-state index is -0.999. The van der Waals surface area contributed by atoms with Gasteiger partial charge in [-0.15, -0.1) is 0 Å². The predicted octanol–water partition coefficient (Wildman–Crippen LogP) is 4.37. The Balaban J connectivity index is 1.56. The summed E-state index contributed by atoms with van der Waals surface area (Å²) < 4.78 is 47.9. The number of ether oxygens (including phenoxy) is 1. The minimum absolute atomic E-state index is 0.0302. The molecule has 0 aliphatic heterocycles. The minimum Gasteiger partial charge on any atom is -0.449 e. The number of nitrogens with zero attached hydrogens (tertiary/aromatic N) is 2. The fourth-order valence-electron chi connectivity index (χ4n) is 4.89. The summed E-state index contributed by atoms with van der Waals surface area (Å²) in [4.78, 5) is 32.1. The number of halogens is 3. The number of nitrogens with two attached hydrogens (primary N) is 2. The smallest absolute Gasteiger partial charge is 0.404 e. The number of pyridine rings is 2. The molecular formula is C26H26F3N5O3. The lowest BCUT2D eigenvalue weighted by molar-refractivity contribution is 0.0872. The molecule has 5 N–H and O–H groups in total. The number of nitrogens with one attached hydrogen (secondary N) is 1. The highest BCUT2D eigenvalue weighted by atomic mass is 19.1. The summed E-state index contributed by atoms with van der Waals surface area (Å²) in [7, 11) is 0. The Morgan fingerprint density at radius 1 is 1.08 bits per heavy atom. The zero-order valence-electron chi connectivity index (χ0n) is 20.0. The molecule has 2 aromatic heterocycles. The van der Waals surface area contributed by atoms with E-state index in [0.717, 1.165) is 35.9 Å². The first-order chi connectivity index (χ1) is 17.7. The average Bonchev–Trinajstić information content (AvgIpc) is 2.84. The van der Waals surface area contributed by atoms with Crippen LogP contribution in [0.15, 0.2) is 48.8 Å². The summed E-state index contributed by atoms with van der Waals surface area (Å²) in [5.41, 5.74) is 11.2. The van der Waals surface area contributed by atoms with Crippen LogP contribution in [-0.4, -0.2) is 34.6 Å². The fourth-order valence-corrected chi connectivity index (χ4v) is 4.89. The van der Waals surface area contributed by atoms with E-state index in [2.05, 4.69) is 15.3 Å². The molecule has 37 heavy (non-hydrogen) atoms. The Bertz CT molecular complexity index is 1290. The number of carbonyl (C=O) groups excluding carboxylic acids is 2. The van der Waals surface area contributed by atoms with Crippen LogP contribution in [0.5, 0.6) is 0 Å². The van der Waals surface area contributed by atoms with Crippen LogP contribution < -0.4 is 16.8 Å². The number of anilines is 1. The Morgan fingerprint density at radius 3 is 2.49 bits per heavy atom. The Labute approximate surface area is 211 Å². The quantitative estimate of drug-likeness (QED) is 0.448. The molecule has 4 rings (SSSR count). The van der Waals surface area contributed by atoms with Gasteiger partial charge in [0.25, 0.3) is 5.91 Å². The summed E-state index contributed by atoms with van der Waals surface area (Å²) in [6.07, 6.45) is 3.50. The number of rotatable bonds is 6. The zero-order chi connectivity index (χ0) is 26.7. The van der Waals surface area contributed by atoms with Crippen molar-refractivity contribution in [2.24, 2.45) is 23.3 Å². The van der Waals surface area contributed by atoms with Crippen LogP contribution in [0.1, 0.15) is 41.7 Å². The van der Waals surface area contributed by atoms with Crippen LogP contribution in [0, 0.1) is 29.3 Å². The van der Waals surface area contributed by atoms with Gasteiger partial charge in [-0.2, -0.15) is 0 Å². The molecule has 4 atom stereocenters. The predicted molar refractivity (Wildman–Crippen MR) is 130 cm³/mol. The monoisotopic (exact) mass is 513 g/mol. The van der Waals surface area contributed by atoms with E-state index in [-0.39, 0.29) is 36.1 Å². The fraction of sp³-hybridized carbons (Fsp3) is 0.308. The summed E-state index contributed by atoms with van der Waals surface area (Å²) >= 11 is 0. The second-order valence-corrected chi connectivity index (χ2v) is 9.14. The molecule has 0 unspecified atom stereocenters. The Kier molecular flexibility index (Phi) is 7.72. The molecule has 1 aliphatic rings. The Morgan fingerprint density at radius 2 is 1.81 bits per heavy atom. The molecular weight excluding hydrogens is 487 g/mol. The summed E-state index contributed by atoms with van der Waals surface area (Å²) in [6, 6.07) is 6.68. The number of primary amides is 1. The third-order valence-electron chi connectivity index (χ3n) is 6.73. The first kappa shape index (κ1) is 26.1. The van der Waals surface area contributed by atoms with Gasteiger partial charge in [-0.1, -0.05) is 13.0 Å². The maximum Gasteiger partial charge on any atom is 0.404 e. The normalized spacial score (nSPS) is 21.3. The molecule has 1 fully saturated rings. The molecule has 1 saturated carbocycles. The van der Waals surface area contributed by atoms with Gasteiger partial charge in [0.15, 0.2) is 0 Å². The van der Waals surface area contributed by atoms with Gasteiger partial charge in [0, 0.05) is 18.2 Å². The largest absolute Gasteiger partial charge is 0.449 e. The van der Waals surface area contributed by atoms with Crippen molar-refractivity contribution in [2.45, 2.75) is 31.7 Å². The van der Waals surface area contributed by atoms with Gasteiger partial charge in [0.05, 0.1) is 24.1 Å². The van der Waals surface area contributed by atoms with Crippen molar-refractivity contribution in [2.75, 3.05) is 11.9 Å². The lowest BCUT2D eigenvalue weighted by Gasteiger charge is -2.39.